The second-order valence-corrected chi connectivity index (χ2v) is 3.97. The van der Waals surface area contributed by atoms with Crippen molar-refractivity contribution in [2.75, 3.05) is 5.73 Å². The molecular weight excluding hydrogens is 292 g/mol. The van der Waals surface area contributed by atoms with Crippen LogP contribution in [0.25, 0.3) is 0 Å². The highest BCUT2D eigenvalue weighted by Crippen LogP contribution is 2.26. The number of halogens is 1. The van der Waals surface area contributed by atoms with Gasteiger partial charge in [-0.1, -0.05) is 6.07 Å². The molecule has 0 aliphatic carbocycles. The van der Waals surface area contributed by atoms with E-state index in [0.29, 0.717) is 11.4 Å². The maximum Gasteiger partial charge on any atom is 0.373 e. The van der Waals surface area contributed by atoms with Crippen LogP contribution in [0.5, 0.6) is 11.6 Å². The molecule has 0 radical (unpaired) electrons. The van der Waals surface area contributed by atoms with Gasteiger partial charge in [0.25, 0.3) is 0 Å². The molecule has 1 aromatic carbocycles. The number of ether oxygens (including phenoxy) is 1. The van der Waals surface area contributed by atoms with Crippen molar-refractivity contribution in [3.8, 4) is 11.6 Å². The van der Waals surface area contributed by atoms with Crippen LogP contribution in [-0.4, -0.2) is 0 Å². The monoisotopic (exact) mass is 308 g/mol. The second-order valence-electron chi connectivity index (χ2n) is 3.97. The summed E-state index contributed by atoms with van der Waals surface area (Å²) >= 11 is 0. The van der Waals surface area contributed by atoms with Crippen LogP contribution in [0.4, 0.5) is 5.69 Å². The minimum Gasteiger partial charge on any atom is -1.00 e. The van der Waals surface area contributed by atoms with Crippen LogP contribution < -0.4 is 32.0 Å². The second kappa shape index (κ2) is 6.40. The molecule has 18 heavy (non-hydrogen) atoms. The number of nitrogens with zero attached hydrogens (tertiary/aromatic N) is 1. The molecular formula is C14H17BrN2O. The molecule has 0 saturated heterocycles. The smallest absolute Gasteiger partial charge is 0.373 e. The minimum atomic E-state index is 0. The molecule has 0 aliphatic heterocycles. The molecule has 96 valence electrons. The van der Waals surface area contributed by atoms with E-state index in [9.17, 15) is 0 Å². The maximum absolute atomic E-state index is 5.93. The molecule has 2 N–H and O–H groups in total. The fraction of sp³-hybridized carbons (Fsp3) is 0.214. The Morgan fingerprint density at radius 1 is 1.22 bits per heavy atom. The predicted molar refractivity (Wildman–Crippen MR) is 68.0 cm³/mol. The lowest BCUT2D eigenvalue weighted by Gasteiger charge is -2.07. The average molecular weight is 309 g/mol. The standard InChI is InChI=1S/C14H17N2O.BrH/c1-3-16-9-5-4-6-14(16)17-13-8-7-11(2)10-12(13)15;/h4-10H,3,15H2,1-2H3;1H/q+1;/p-1. The Balaban J connectivity index is 0.00000162. The summed E-state index contributed by atoms with van der Waals surface area (Å²) in [6.07, 6.45) is 1.99. The van der Waals surface area contributed by atoms with Crippen molar-refractivity contribution >= 4 is 5.69 Å². The molecule has 0 fully saturated rings. The van der Waals surface area contributed by atoms with Gasteiger partial charge < -0.3 is 27.5 Å². The summed E-state index contributed by atoms with van der Waals surface area (Å²) in [5, 5.41) is 0. The Labute approximate surface area is 118 Å². The molecule has 0 spiro atoms. The quantitative estimate of drug-likeness (QED) is 0.624. The summed E-state index contributed by atoms with van der Waals surface area (Å²) in [4.78, 5) is 0. The highest BCUT2D eigenvalue weighted by Gasteiger charge is 2.11. The lowest BCUT2D eigenvalue weighted by atomic mass is 10.2. The van der Waals surface area contributed by atoms with Crippen molar-refractivity contribution in [2.45, 2.75) is 20.4 Å². The number of anilines is 1. The molecule has 0 aliphatic rings. The lowest BCUT2D eigenvalue weighted by Crippen LogP contribution is -3.00. The van der Waals surface area contributed by atoms with Gasteiger partial charge in [0, 0.05) is 6.07 Å². The van der Waals surface area contributed by atoms with Gasteiger partial charge in [0.15, 0.2) is 11.9 Å². The third-order valence-corrected chi connectivity index (χ3v) is 2.62. The van der Waals surface area contributed by atoms with Crippen molar-refractivity contribution in [3.05, 3.63) is 48.2 Å². The van der Waals surface area contributed by atoms with E-state index in [1.165, 1.54) is 0 Å². The van der Waals surface area contributed by atoms with E-state index in [2.05, 4.69) is 6.92 Å². The molecule has 0 unspecified atom stereocenters. The van der Waals surface area contributed by atoms with Gasteiger partial charge in [0.05, 0.1) is 11.8 Å². The molecule has 3 nitrogen and oxygen atoms in total. The Morgan fingerprint density at radius 3 is 2.67 bits per heavy atom. The highest BCUT2D eigenvalue weighted by molar-refractivity contribution is 5.54. The van der Waals surface area contributed by atoms with Crippen LogP contribution in [0.2, 0.25) is 0 Å². The number of nitrogens with two attached hydrogens (primary N) is 1. The fourth-order valence-corrected chi connectivity index (χ4v) is 1.69. The fourth-order valence-electron chi connectivity index (χ4n) is 1.69. The Kier molecular flexibility index (Phi) is 5.16. The summed E-state index contributed by atoms with van der Waals surface area (Å²) in [7, 11) is 0. The van der Waals surface area contributed by atoms with Gasteiger partial charge in [-0.2, -0.15) is 4.57 Å². The molecule has 2 aromatic rings. The summed E-state index contributed by atoms with van der Waals surface area (Å²) in [6, 6.07) is 11.7. The zero-order valence-corrected chi connectivity index (χ0v) is 12.1. The topological polar surface area (TPSA) is 39.1 Å². The summed E-state index contributed by atoms with van der Waals surface area (Å²) in [5.74, 6) is 1.49. The van der Waals surface area contributed by atoms with E-state index in [-0.39, 0.29) is 17.0 Å². The van der Waals surface area contributed by atoms with Crippen molar-refractivity contribution in [1.82, 2.24) is 0 Å². The Morgan fingerprint density at radius 2 is 2.00 bits per heavy atom. The zero-order valence-electron chi connectivity index (χ0n) is 10.6. The first-order chi connectivity index (χ1) is 8.20. The first kappa shape index (κ1) is 14.5. The number of aromatic nitrogens is 1. The van der Waals surface area contributed by atoms with Crippen molar-refractivity contribution in [1.29, 1.82) is 0 Å². The number of benzene rings is 1. The van der Waals surface area contributed by atoms with Crippen LogP contribution in [0.3, 0.4) is 0 Å². The summed E-state index contributed by atoms with van der Waals surface area (Å²) in [5.41, 5.74) is 7.72. The van der Waals surface area contributed by atoms with Crippen molar-refractivity contribution < 1.29 is 26.3 Å². The van der Waals surface area contributed by atoms with Gasteiger partial charge in [-0.15, -0.1) is 0 Å². The number of nitrogen functional groups attached to an aromatic ring is 1. The SMILES string of the molecule is CC[n+]1ccccc1Oc1ccc(C)cc1N.[Br-]. The van der Waals surface area contributed by atoms with Gasteiger partial charge in [-0.3, -0.25) is 0 Å². The molecule has 4 heteroatoms. The van der Waals surface area contributed by atoms with Gasteiger partial charge in [-0.25, -0.2) is 0 Å². The van der Waals surface area contributed by atoms with Gasteiger partial charge >= 0.3 is 5.88 Å². The average Bonchev–Trinajstić information content (AvgIpc) is 2.33. The van der Waals surface area contributed by atoms with E-state index >= 15 is 0 Å². The maximum atomic E-state index is 5.93. The normalized spacial score (nSPS) is 9.67. The van der Waals surface area contributed by atoms with E-state index in [4.69, 9.17) is 10.5 Å². The van der Waals surface area contributed by atoms with Crippen LogP contribution in [0, 0.1) is 6.92 Å². The zero-order chi connectivity index (χ0) is 12.3. The summed E-state index contributed by atoms with van der Waals surface area (Å²) < 4.78 is 7.85. The number of pyridine rings is 1. The molecule has 0 bridgehead atoms. The Hall–Kier alpha value is -1.55. The van der Waals surface area contributed by atoms with Crippen molar-refractivity contribution in [2.24, 2.45) is 0 Å². The first-order valence-electron chi connectivity index (χ1n) is 5.73. The van der Waals surface area contributed by atoms with Crippen molar-refractivity contribution in [3.63, 3.8) is 0 Å². The molecule has 0 atom stereocenters. The van der Waals surface area contributed by atoms with Crippen LogP contribution in [-0.2, 0) is 6.54 Å². The lowest BCUT2D eigenvalue weighted by molar-refractivity contribution is -0.697. The van der Waals surface area contributed by atoms with Gasteiger partial charge in [0.2, 0.25) is 0 Å². The third kappa shape index (κ3) is 3.23. The molecule has 1 heterocycles. The van der Waals surface area contributed by atoms with E-state index in [1.807, 2.05) is 54.1 Å². The number of hydrogen-bond donors (Lipinski definition) is 1. The van der Waals surface area contributed by atoms with Gasteiger partial charge in [-0.05, 0) is 37.6 Å². The number of rotatable bonds is 3. The summed E-state index contributed by atoms with van der Waals surface area (Å²) in [6.45, 7) is 4.95. The van der Waals surface area contributed by atoms with Crippen LogP contribution in [0.15, 0.2) is 42.6 Å². The largest absolute Gasteiger partial charge is 1.00 e. The van der Waals surface area contributed by atoms with E-state index < -0.39 is 0 Å². The van der Waals surface area contributed by atoms with E-state index in [0.717, 1.165) is 18.0 Å². The van der Waals surface area contributed by atoms with Crippen LogP contribution in [0.1, 0.15) is 12.5 Å². The minimum absolute atomic E-state index is 0. The number of hydrogen-bond acceptors (Lipinski definition) is 2. The molecule has 2 rings (SSSR count). The highest BCUT2D eigenvalue weighted by atomic mass is 79.9. The number of aryl methyl sites for hydroxylation is 2. The molecule has 0 saturated carbocycles. The Bertz CT molecular complexity index is 529. The predicted octanol–water partition coefficient (Wildman–Crippen LogP) is -0.319. The molecule has 1 aromatic heterocycles. The third-order valence-electron chi connectivity index (χ3n) is 2.62. The van der Waals surface area contributed by atoms with Crippen LogP contribution >= 0.6 is 0 Å². The van der Waals surface area contributed by atoms with Gasteiger partial charge in [0.1, 0.15) is 6.54 Å². The molecule has 0 amide bonds. The van der Waals surface area contributed by atoms with E-state index in [1.54, 1.807) is 0 Å². The first-order valence-corrected chi connectivity index (χ1v) is 5.73.